The van der Waals surface area contributed by atoms with Gasteiger partial charge in [0, 0.05) is 12.6 Å². The zero-order chi connectivity index (χ0) is 13.5. The van der Waals surface area contributed by atoms with Crippen molar-refractivity contribution in [1.29, 1.82) is 0 Å². The van der Waals surface area contributed by atoms with Gasteiger partial charge in [0.1, 0.15) is 5.82 Å². The van der Waals surface area contributed by atoms with Gasteiger partial charge in [0.05, 0.1) is 17.9 Å². The van der Waals surface area contributed by atoms with Crippen LogP contribution < -0.4 is 10.6 Å². The maximum absolute atomic E-state index is 12.8. The molecule has 0 fully saturated rings. The van der Waals surface area contributed by atoms with Crippen molar-refractivity contribution in [3.8, 4) is 0 Å². The van der Waals surface area contributed by atoms with Crippen LogP contribution in [0.1, 0.15) is 38.9 Å². The Morgan fingerprint density at radius 1 is 1.44 bits per heavy atom. The normalized spacial score (nSPS) is 14.0. The number of aromatic nitrogens is 1. The lowest BCUT2D eigenvalue weighted by molar-refractivity contribution is -0.122. The molecule has 0 aliphatic heterocycles. The Bertz CT molecular complexity index is 380. The van der Waals surface area contributed by atoms with Crippen LogP contribution in [-0.4, -0.2) is 23.5 Å². The molecule has 0 aliphatic rings. The minimum atomic E-state index is -0.356. The molecular weight excluding hydrogens is 233 g/mol. The van der Waals surface area contributed by atoms with Crippen LogP contribution in [-0.2, 0) is 4.79 Å². The average molecular weight is 253 g/mol. The fourth-order valence-corrected chi connectivity index (χ4v) is 1.71. The average Bonchev–Trinajstić information content (AvgIpc) is 2.37. The van der Waals surface area contributed by atoms with Gasteiger partial charge in [-0.05, 0) is 32.4 Å². The van der Waals surface area contributed by atoms with Crippen molar-refractivity contribution >= 4 is 5.91 Å². The second kappa shape index (κ2) is 7.06. The summed E-state index contributed by atoms with van der Waals surface area (Å²) in [5, 5.41) is 5.94. The summed E-state index contributed by atoms with van der Waals surface area (Å²) in [6, 6.07) is 2.66. The Morgan fingerprint density at radius 3 is 2.67 bits per heavy atom. The van der Waals surface area contributed by atoms with Gasteiger partial charge in [0.2, 0.25) is 5.91 Å². The molecule has 2 unspecified atom stereocenters. The molecule has 1 aromatic heterocycles. The van der Waals surface area contributed by atoms with Crippen LogP contribution in [0.15, 0.2) is 18.3 Å². The molecule has 2 N–H and O–H groups in total. The van der Waals surface area contributed by atoms with E-state index in [0.717, 1.165) is 12.1 Å². The number of hydrogen-bond donors (Lipinski definition) is 2. The highest BCUT2D eigenvalue weighted by atomic mass is 19.1. The lowest BCUT2D eigenvalue weighted by Gasteiger charge is -2.21. The van der Waals surface area contributed by atoms with E-state index in [1.54, 1.807) is 13.0 Å². The molecule has 1 aromatic rings. The van der Waals surface area contributed by atoms with Crippen LogP contribution in [0.4, 0.5) is 4.39 Å². The summed E-state index contributed by atoms with van der Waals surface area (Å²) in [5.41, 5.74) is 0.745. The van der Waals surface area contributed by atoms with E-state index < -0.39 is 0 Å². The third kappa shape index (κ3) is 4.07. The number of likely N-dealkylation sites (N-methyl/N-ethyl adjacent to an activating group) is 1. The molecule has 0 spiro atoms. The molecule has 1 heterocycles. The molecule has 5 heteroatoms. The molecule has 18 heavy (non-hydrogen) atoms. The first-order valence-corrected chi connectivity index (χ1v) is 6.23. The van der Waals surface area contributed by atoms with Crippen molar-refractivity contribution in [3.05, 3.63) is 29.8 Å². The summed E-state index contributed by atoms with van der Waals surface area (Å²) in [7, 11) is 0. The van der Waals surface area contributed by atoms with Crippen molar-refractivity contribution in [1.82, 2.24) is 15.6 Å². The number of amides is 1. The summed E-state index contributed by atoms with van der Waals surface area (Å²) < 4.78 is 12.8. The number of nitrogens with one attached hydrogen (secondary N) is 2. The van der Waals surface area contributed by atoms with Crippen LogP contribution in [0.2, 0.25) is 0 Å². The van der Waals surface area contributed by atoms with Crippen LogP contribution in [0.25, 0.3) is 0 Å². The predicted molar refractivity (Wildman–Crippen MR) is 68.5 cm³/mol. The van der Waals surface area contributed by atoms with Gasteiger partial charge < -0.3 is 5.32 Å². The fourth-order valence-electron chi connectivity index (χ4n) is 1.71. The van der Waals surface area contributed by atoms with E-state index in [-0.39, 0.29) is 23.8 Å². The standard InChI is InChI=1S/C13H20FN3O/c1-4-11(12-7-6-10(14)8-16-12)17-9(3)13(18)15-5-2/h6-9,11,17H,4-5H2,1-3H3,(H,15,18). The van der Waals surface area contributed by atoms with Gasteiger partial charge in [-0.25, -0.2) is 4.39 Å². The fraction of sp³-hybridized carbons (Fsp3) is 0.538. The summed E-state index contributed by atoms with van der Waals surface area (Å²) in [5.74, 6) is -0.400. The van der Waals surface area contributed by atoms with Crippen LogP contribution in [0, 0.1) is 5.82 Å². The van der Waals surface area contributed by atoms with E-state index in [0.29, 0.717) is 6.54 Å². The van der Waals surface area contributed by atoms with Gasteiger partial charge in [-0.3, -0.25) is 15.1 Å². The zero-order valence-corrected chi connectivity index (χ0v) is 11.0. The number of carbonyl (C=O) groups is 1. The third-order valence-corrected chi connectivity index (χ3v) is 2.71. The molecule has 100 valence electrons. The van der Waals surface area contributed by atoms with E-state index in [1.807, 2.05) is 13.8 Å². The van der Waals surface area contributed by atoms with Gasteiger partial charge in [-0.1, -0.05) is 6.92 Å². The molecule has 0 saturated carbocycles. The summed E-state index contributed by atoms with van der Waals surface area (Å²) in [6.45, 7) is 6.28. The van der Waals surface area contributed by atoms with E-state index >= 15 is 0 Å². The topological polar surface area (TPSA) is 54.0 Å². The van der Waals surface area contributed by atoms with Crippen molar-refractivity contribution < 1.29 is 9.18 Å². The largest absolute Gasteiger partial charge is 0.355 e. The summed E-state index contributed by atoms with van der Waals surface area (Å²) in [6.07, 6.45) is 1.97. The van der Waals surface area contributed by atoms with Gasteiger partial charge >= 0.3 is 0 Å². The first kappa shape index (κ1) is 14.6. The lowest BCUT2D eigenvalue weighted by atomic mass is 10.1. The lowest BCUT2D eigenvalue weighted by Crippen LogP contribution is -2.43. The maximum atomic E-state index is 12.8. The molecule has 2 atom stereocenters. The molecule has 1 amide bonds. The van der Waals surface area contributed by atoms with Gasteiger partial charge in [-0.2, -0.15) is 0 Å². The second-order valence-corrected chi connectivity index (χ2v) is 4.15. The maximum Gasteiger partial charge on any atom is 0.236 e. The van der Waals surface area contributed by atoms with E-state index in [1.165, 1.54) is 12.3 Å². The molecule has 0 aromatic carbocycles. The number of pyridine rings is 1. The Morgan fingerprint density at radius 2 is 2.17 bits per heavy atom. The Hall–Kier alpha value is -1.49. The molecule has 0 radical (unpaired) electrons. The summed E-state index contributed by atoms with van der Waals surface area (Å²) >= 11 is 0. The molecule has 0 saturated heterocycles. The highest BCUT2D eigenvalue weighted by Gasteiger charge is 2.18. The number of carbonyl (C=O) groups excluding carboxylic acids is 1. The number of rotatable bonds is 6. The highest BCUT2D eigenvalue weighted by Crippen LogP contribution is 2.14. The Kier molecular flexibility index (Phi) is 5.71. The van der Waals surface area contributed by atoms with Crippen LogP contribution in [0.3, 0.4) is 0 Å². The van der Waals surface area contributed by atoms with Crippen LogP contribution >= 0.6 is 0 Å². The van der Waals surface area contributed by atoms with Gasteiger partial charge in [0.25, 0.3) is 0 Å². The zero-order valence-electron chi connectivity index (χ0n) is 11.0. The van der Waals surface area contributed by atoms with Crippen molar-refractivity contribution in [3.63, 3.8) is 0 Å². The van der Waals surface area contributed by atoms with Crippen molar-refractivity contribution in [2.24, 2.45) is 0 Å². The van der Waals surface area contributed by atoms with E-state index in [4.69, 9.17) is 0 Å². The van der Waals surface area contributed by atoms with Gasteiger partial charge in [0.15, 0.2) is 0 Å². The second-order valence-electron chi connectivity index (χ2n) is 4.15. The SMILES string of the molecule is CCNC(=O)C(C)NC(CC)c1ccc(F)cn1. The highest BCUT2D eigenvalue weighted by molar-refractivity contribution is 5.81. The van der Waals surface area contributed by atoms with Crippen molar-refractivity contribution in [2.75, 3.05) is 6.54 Å². The predicted octanol–water partition coefficient (Wildman–Crippen LogP) is 1.79. The molecule has 0 bridgehead atoms. The molecule has 4 nitrogen and oxygen atoms in total. The summed E-state index contributed by atoms with van der Waals surface area (Å²) in [4.78, 5) is 15.7. The minimum Gasteiger partial charge on any atom is -0.355 e. The number of nitrogens with zero attached hydrogens (tertiary/aromatic N) is 1. The smallest absolute Gasteiger partial charge is 0.236 e. The Balaban J connectivity index is 2.67. The van der Waals surface area contributed by atoms with Gasteiger partial charge in [-0.15, -0.1) is 0 Å². The number of hydrogen-bond acceptors (Lipinski definition) is 3. The monoisotopic (exact) mass is 253 g/mol. The quantitative estimate of drug-likeness (QED) is 0.812. The minimum absolute atomic E-state index is 0.0435. The number of halogens is 1. The van der Waals surface area contributed by atoms with Crippen LogP contribution in [0.5, 0.6) is 0 Å². The molecular formula is C13H20FN3O. The molecule has 1 rings (SSSR count). The van der Waals surface area contributed by atoms with E-state index in [9.17, 15) is 9.18 Å². The Labute approximate surface area is 107 Å². The van der Waals surface area contributed by atoms with Crippen molar-refractivity contribution in [2.45, 2.75) is 39.3 Å². The van der Waals surface area contributed by atoms with E-state index in [2.05, 4.69) is 15.6 Å². The molecule has 0 aliphatic carbocycles. The first-order valence-electron chi connectivity index (χ1n) is 6.23. The third-order valence-electron chi connectivity index (χ3n) is 2.71. The first-order chi connectivity index (χ1) is 8.58.